The van der Waals surface area contributed by atoms with Gasteiger partial charge in [0, 0.05) is 6.42 Å². The topological polar surface area (TPSA) is 105 Å². The number of carbonyl (C=O) groups excluding carboxylic acids is 1. The Morgan fingerprint density at radius 1 is 0.857 bits per heavy atom. The first-order valence-corrected chi connectivity index (χ1v) is 15.4. The van der Waals surface area contributed by atoms with E-state index in [-0.39, 0.29) is 19.1 Å². The molecule has 0 heterocycles. The summed E-state index contributed by atoms with van der Waals surface area (Å²) in [4.78, 5) is 22.1. The van der Waals surface area contributed by atoms with Gasteiger partial charge in [0.25, 0.3) is 0 Å². The van der Waals surface area contributed by atoms with Gasteiger partial charge in [-0.1, -0.05) is 90.9 Å². The van der Waals surface area contributed by atoms with Crippen LogP contribution >= 0.6 is 7.82 Å². The number of aliphatic hydroxyl groups is 1. The highest BCUT2D eigenvalue weighted by Crippen LogP contribution is 2.43. The van der Waals surface area contributed by atoms with Crippen molar-refractivity contribution in [3.63, 3.8) is 0 Å². The number of amides is 1. The Morgan fingerprint density at radius 2 is 1.37 bits per heavy atom. The van der Waals surface area contributed by atoms with Crippen molar-refractivity contribution in [2.75, 3.05) is 40.9 Å². The van der Waals surface area contributed by atoms with E-state index in [1.54, 1.807) is 0 Å². The van der Waals surface area contributed by atoms with E-state index in [1.807, 2.05) is 28.1 Å². The Morgan fingerprint density at radius 3 is 1.86 bits per heavy atom. The van der Waals surface area contributed by atoms with Gasteiger partial charge >= 0.3 is 7.82 Å². The predicted octanol–water partition coefficient (Wildman–Crippen LogP) is 5.56. The average molecular weight is 524 g/mol. The number of quaternary nitrogens is 1. The number of phosphoric ester groups is 1. The molecule has 0 aromatic rings. The summed E-state index contributed by atoms with van der Waals surface area (Å²) < 4.78 is 23.0. The average Bonchev–Trinajstić information content (AvgIpc) is 2.76. The molecule has 0 aliphatic rings. The number of hydrogen-bond acceptors (Lipinski definition) is 5. The summed E-state index contributed by atoms with van der Waals surface area (Å²) in [5, 5.41) is 13.4. The highest BCUT2D eigenvalue weighted by Gasteiger charge is 2.28. The fourth-order valence-electron chi connectivity index (χ4n) is 3.79. The third-order valence-electron chi connectivity index (χ3n) is 6.08. The van der Waals surface area contributed by atoms with E-state index < -0.39 is 20.0 Å². The van der Waals surface area contributed by atoms with E-state index in [2.05, 4.69) is 12.2 Å². The summed E-state index contributed by atoms with van der Waals surface area (Å²) >= 11 is 0. The van der Waals surface area contributed by atoms with Crippen LogP contribution in [0.15, 0.2) is 0 Å². The minimum atomic E-state index is -4.26. The molecule has 210 valence electrons. The second-order valence-electron chi connectivity index (χ2n) is 10.8. The molecule has 0 rings (SSSR count). The Balaban J connectivity index is 4.28. The highest BCUT2D eigenvalue weighted by molar-refractivity contribution is 7.47. The van der Waals surface area contributed by atoms with Crippen LogP contribution in [0.2, 0.25) is 0 Å². The fraction of sp³-hybridized carbons (Fsp3) is 0.962. The third-order valence-corrected chi connectivity index (χ3v) is 7.06. The summed E-state index contributed by atoms with van der Waals surface area (Å²) in [6.45, 7) is 4.50. The van der Waals surface area contributed by atoms with Crippen LogP contribution < -0.4 is 5.32 Å². The van der Waals surface area contributed by atoms with Gasteiger partial charge in [0.2, 0.25) is 5.91 Å². The van der Waals surface area contributed by atoms with Crippen molar-refractivity contribution in [3.05, 3.63) is 0 Å². The molecular weight excluding hydrogens is 467 g/mol. The molecule has 0 bridgehead atoms. The number of phosphoric acid groups is 1. The normalized spacial score (nSPS) is 15.5. The first-order chi connectivity index (χ1) is 16.5. The van der Waals surface area contributed by atoms with Crippen molar-refractivity contribution >= 4 is 13.7 Å². The smallest absolute Gasteiger partial charge is 0.391 e. The summed E-state index contributed by atoms with van der Waals surface area (Å²) in [6, 6.07) is -0.746. The first kappa shape index (κ1) is 34.5. The maximum atomic E-state index is 12.2. The van der Waals surface area contributed by atoms with Gasteiger partial charge in [0.1, 0.15) is 13.2 Å². The number of aliphatic hydroxyl groups excluding tert-OH is 1. The molecule has 0 aliphatic heterocycles. The molecule has 3 unspecified atom stereocenters. The lowest BCUT2D eigenvalue weighted by atomic mass is 10.0. The minimum Gasteiger partial charge on any atom is -0.391 e. The van der Waals surface area contributed by atoms with Crippen molar-refractivity contribution in [3.8, 4) is 0 Å². The van der Waals surface area contributed by atoms with Crippen LogP contribution in [0.3, 0.4) is 0 Å². The van der Waals surface area contributed by atoms with Crippen LogP contribution in [0.5, 0.6) is 0 Å². The molecular formula is C26H56N2O6P+. The largest absolute Gasteiger partial charge is 0.472 e. The quantitative estimate of drug-likeness (QED) is 0.0869. The maximum Gasteiger partial charge on any atom is 0.472 e. The van der Waals surface area contributed by atoms with Gasteiger partial charge < -0.3 is 19.8 Å². The SMILES string of the molecule is CCCCCCCCCCCCCCC(O)C(COP(=O)(O)OCC[N+](C)(C)C)NC(=O)CCC. The number of nitrogens with zero attached hydrogens (tertiary/aromatic N) is 1. The van der Waals surface area contributed by atoms with Crippen LogP contribution in [-0.4, -0.2) is 73.4 Å². The lowest BCUT2D eigenvalue weighted by Gasteiger charge is -2.26. The highest BCUT2D eigenvalue weighted by atomic mass is 31.2. The summed E-state index contributed by atoms with van der Waals surface area (Å²) in [5.41, 5.74) is 0. The number of hydrogen-bond donors (Lipinski definition) is 3. The molecule has 35 heavy (non-hydrogen) atoms. The zero-order valence-electron chi connectivity index (χ0n) is 23.3. The van der Waals surface area contributed by atoms with E-state index in [1.165, 1.54) is 57.8 Å². The van der Waals surface area contributed by atoms with Crippen molar-refractivity contribution in [2.45, 2.75) is 122 Å². The molecule has 1 amide bonds. The fourth-order valence-corrected chi connectivity index (χ4v) is 4.53. The molecule has 0 saturated heterocycles. The number of carbonyl (C=O) groups is 1. The summed E-state index contributed by atoms with van der Waals surface area (Å²) in [5.74, 6) is -0.200. The number of nitrogens with one attached hydrogen (secondary N) is 1. The molecule has 0 aromatic carbocycles. The zero-order valence-corrected chi connectivity index (χ0v) is 24.2. The van der Waals surface area contributed by atoms with E-state index >= 15 is 0 Å². The van der Waals surface area contributed by atoms with Crippen molar-refractivity contribution in [2.24, 2.45) is 0 Å². The summed E-state index contributed by atoms with van der Waals surface area (Å²) in [6.07, 6.45) is 15.5. The van der Waals surface area contributed by atoms with Gasteiger partial charge in [-0.15, -0.1) is 0 Å². The number of likely N-dealkylation sites (N-methyl/N-ethyl adjacent to an activating group) is 1. The molecule has 0 aromatic heterocycles. The standard InChI is InChI=1S/C26H55N2O6P/c1-6-8-9-10-11-12-13-14-15-16-17-18-20-25(29)24(27-26(30)19-7-2)23-34-35(31,32)33-22-21-28(3,4)5/h24-25,29H,6-23H2,1-5H3,(H-,27,30,31,32)/p+1. The monoisotopic (exact) mass is 523 g/mol. The second kappa shape index (κ2) is 20.5. The predicted molar refractivity (Wildman–Crippen MR) is 143 cm³/mol. The number of rotatable bonds is 24. The molecule has 3 atom stereocenters. The van der Waals surface area contributed by atoms with Crippen LogP contribution in [-0.2, 0) is 18.4 Å². The Kier molecular flexibility index (Phi) is 20.3. The lowest BCUT2D eigenvalue weighted by Crippen LogP contribution is -2.46. The van der Waals surface area contributed by atoms with Gasteiger partial charge in [-0.05, 0) is 12.8 Å². The van der Waals surface area contributed by atoms with Crippen LogP contribution in [0.1, 0.15) is 110 Å². The molecule has 0 radical (unpaired) electrons. The van der Waals surface area contributed by atoms with Gasteiger partial charge in [0.15, 0.2) is 0 Å². The second-order valence-corrected chi connectivity index (χ2v) is 12.2. The number of unbranched alkanes of at least 4 members (excludes halogenated alkanes) is 11. The molecule has 0 spiro atoms. The minimum absolute atomic E-state index is 0.0749. The lowest BCUT2D eigenvalue weighted by molar-refractivity contribution is -0.870. The molecule has 0 fully saturated rings. The van der Waals surface area contributed by atoms with Crippen molar-refractivity contribution < 1.29 is 32.9 Å². The molecule has 9 heteroatoms. The first-order valence-electron chi connectivity index (χ1n) is 13.9. The van der Waals surface area contributed by atoms with Gasteiger partial charge in [0.05, 0.1) is 39.9 Å². The Labute approximate surface area is 215 Å². The third kappa shape index (κ3) is 22.4. The van der Waals surface area contributed by atoms with Crippen molar-refractivity contribution in [1.82, 2.24) is 5.32 Å². The van der Waals surface area contributed by atoms with E-state index in [0.29, 0.717) is 30.3 Å². The van der Waals surface area contributed by atoms with Crippen molar-refractivity contribution in [1.29, 1.82) is 0 Å². The Bertz CT molecular complexity index is 571. The van der Waals surface area contributed by atoms with E-state index in [9.17, 15) is 19.4 Å². The van der Waals surface area contributed by atoms with Gasteiger partial charge in [-0.2, -0.15) is 0 Å². The van der Waals surface area contributed by atoms with Crippen LogP contribution in [0.25, 0.3) is 0 Å². The van der Waals surface area contributed by atoms with E-state index in [0.717, 1.165) is 19.3 Å². The molecule has 8 nitrogen and oxygen atoms in total. The zero-order chi connectivity index (χ0) is 26.6. The van der Waals surface area contributed by atoms with E-state index in [4.69, 9.17) is 9.05 Å². The Hall–Kier alpha value is -0.500. The maximum absolute atomic E-state index is 12.2. The van der Waals surface area contributed by atoms with Gasteiger partial charge in [-0.3, -0.25) is 13.8 Å². The van der Waals surface area contributed by atoms with Crippen LogP contribution in [0, 0.1) is 0 Å². The molecule has 0 saturated carbocycles. The molecule has 0 aliphatic carbocycles. The van der Waals surface area contributed by atoms with Crippen LogP contribution in [0.4, 0.5) is 0 Å². The van der Waals surface area contributed by atoms with Gasteiger partial charge in [-0.25, -0.2) is 4.57 Å². The molecule has 3 N–H and O–H groups in total. The summed E-state index contributed by atoms with van der Waals surface area (Å²) in [7, 11) is 1.61.